The van der Waals surface area contributed by atoms with E-state index in [4.69, 9.17) is 5.41 Å². The van der Waals surface area contributed by atoms with Gasteiger partial charge in [-0.2, -0.15) is 0 Å². The molecule has 2 aromatic carbocycles. The highest BCUT2D eigenvalue weighted by Gasteiger charge is 1.97. The van der Waals surface area contributed by atoms with Crippen molar-refractivity contribution in [3.8, 4) is 11.1 Å². The van der Waals surface area contributed by atoms with Gasteiger partial charge in [0.2, 0.25) is 0 Å². The molecule has 0 spiro atoms. The second kappa shape index (κ2) is 4.75. The number of hydrogen-bond donors (Lipinski definition) is 1. The first-order chi connectivity index (χ1) is 7.75. The average molecular weight is 209 g/mol. The highest BCUT2D eigenvalue weighted by molar-refractivity contribution is 5.81. The third kappa shape index (κ3) is 2.57. The fraction of sp³-hybridized carbons (Fsp3) is 0.133. The minimum atomic E-state index is 0.701. The molecule has 0 aliphatic heterocycles. The van der Waals surface area contributed by atoms with Gasteiger partial charge in [0.05, 0.1) is 0 Å². The summed E-state index contributed by atoms with van der Waals surface area (Å²) in [5.74, 6) is 0. The monoisotopic (exact) mass is 209 g/mol. The van der Waals surface area contributed by atoms with E-state index in [1.807, 2.05) is 25.1 Å². The zero-order valence-electron chi connectivity index (χ0n) is 9.40. The van der Waals surface area contributed by atoms with Gasteiger partial charge in [-0.25, -0.2) is 0 Å². The van der Waals surface area contributed by atoms with Crippen LogP contribution in [0.25, 0.3) is 11.1 Å². The predicted octanol–water partition coefficient (Wildman–Crippen LogP) is 3.94. The average Bonchev–Trinajstić information content (AvgIpc) is 2.30. The molecule has 0 heterocycles. The van der Waals surface area contributed by atoms with Gasteiger partial charge in [-0.05, 0) is 23.6 Å². The van der Waals surface area contributed by atoms with Gasteiger partial charge in [0.25, 0.3) is 0 Å². The maximum absolute atomic E-state index is 7.45. The van der Waals surface area contributed by atoms with Crippen LogP contribution in [0.1, 0.15) is 12.5 Å². The summed E-state index contributed by atoms with van der Waals surface area (Å²) in [6.07, 6.45) is 0.745. The third-order valence-electron chi connectivity index (χ3n) is 2.53. The first kappa shape index (κ1) is 10.6. The van der Waals surface area contributed by atoms with E-state index in [1.165, 1.54) is 16.7 Å². The Morgan fingerprint density at radius 1 is 0.875 bits per heavy atom. The molecule has 0 amide bonds. The zero-order valence-corrected chi connectivity index (χ0v) is 9.40. The molecule has 2 rings (SSSR count). The van der Waals surface area contributed by atoms with Gasteiger partial charge in [0.1, 0.15) is 0 Å². The Hall–Kier alpha value is -1.89. The summed E-state index contributed by atoms with van der Waals surface area (Å²) < 4.78 is 0. The fourth-order valence-corrected chi connectivity index (χ4v) is 1.75. The Morgan fingerprint density at radius 3 is 2.00 bits per heavy atom. The minimum absolute atomic E-state index is 0.701. The van der Waals surface area contributed by atoms with Gasteiger partial charge in [-0.3, -0.25) is 0 Å². The van der Waals surface area contributed by atoms with Crippen molar-refractivity contribution in [2.75, 3.05) is 0 Å². The Labute approximate surface area is 96.3 Å². The summed E-state index contributed by atoms with van der Waals surface area (Å²) in [6, 6.07) is 18.8. The zero-order chi connectivity index (χ0) is 11.4. The van der Waals surface area contributed by atoms with E-state index in [9.17, 15) is 0 Å². The Balaban J connectivity index is 2.23. The largest absolute Gasteiger partial charge is 0.310 e. The highest BCUT2D eigenvalue weighted by atomic mass is 14.4. The summed E-state index contributed by atoms with van der Waals surface area (Å²) in [5, 5.41) is 7.45. The summed E-state index contributed by atoms with van der Waals surface area (Å²) >= 11 is 0. The molecule has 2 aromatic rings. The van der Waals surface area contributed by atoms with Gasteiger partial charge in [-0.1, -0.05) is 54.6 Å². The van der Waals surface area contributed by atoms with E-state index in [0.717, 1.165) is 6.42 Å². The molecule has 0 bridgehead atoms. The first-order valence-corrected chi connectivity index (χ1v) is 5.44. The van der Waals surface area contributed by atoms with Crippen LogP contribution < -0.4 is 0 Å². The van der Waals surface area contributed by atoms with Crippen LogP contribution in [0.4, 0.5) is 0 Å². The smallest absolute Gasteiger partial charge is 0.0102 e. The molecule has 0 aliphatic carbocycles. The van der Waals surface area contributed by atoms with Crippen LogP contribution >= 0.6 is 0 Å². The molecule has 1 heteroatoms. The van der Waals surface area contributed by atoms with Crippen LogP contribution in [-0.4, -0.2) is 5.71 Å². The fourth-order valence-electron chi connectivity index (χ4n) is 1.75. The lowest BCUT2D eigenvalue weighted by molar-refractivity contribution is 1.27. The molecule has 0 saturated heterocycles. The van der Waals surface area contributed by atoms with E-state index in [0.29, 0.717) is 5.71 Å². The number of hydrogen-bond acceptors (Lipinski definition) is 1. The second-order valence-electron chi connectivity index (χ2n) is 4.02. The van der Waals surface area contributed by atoms with E-state index in [-0.39, 0.29) is 0 Å². The van der Waals surface area contributed by atoms with Crippen LogP contribution in [0.3, 0.4) is 0 Å². The van der Waals surface area contributed by atoms with Crippen LogP contribution in [0.2, 0.25) is 0 Å². The van der Waals surface area contributed by atoms with Crippen LogP contribution in [0.5, 0.6) is 0 Å². The third-order valence-corrected chi connectivity index (χ3v) is 2.53. The van der Waals surface area contributed by atoms with Crippen molar-refractivity contribution in [1.29, 1.82) is 5.41 Å². The van der Waals surface area contributed by atoms with Gasteiger partial charge in [0, 0.05) is 12.1 Å². The summed E-state index contributed by atoms with van der Waals surface area (Å²) in [7, 11) is 0. The number of rotatable bonds is 3. The molecular weight excluding hydrogens is 194 g/mol. The van der Waals surface area contributed by atoms with E-state index >= 15 is 0 Å². The molecule has 80 valence electrons. The normalized spacial score (nSPS) is 10.1. The summed E-state index contributed by atoms with van der Waals surface area (Å²) in [6.45, 7) is 1.84. The van der Waals surface area contributed by atoms with Gasteiger partial charge in [0.15, 0.2) is 0 Å². The van der Waals surface area contributed by atoms with Crippen LogP contribution in [-0.2, 0) is 6.42 Å². The molecule has 1 N–H and O–H groups in total. The molecule has 16 heavy (non-hydrogen) atoms. The van der Waals surface area contributed by atoms with E-state index < -0.39 is 0 Å². The topological polar surface area (TPSA) is 23.9 Å². The maximum atomic E-state index is 7.45. The van der Waals surface area contributed by atoms with Crippen molar-refractivity contribution >= 4 is 5.71 Å². The predicted molar refractivity (Wildman–Crippen MR) is 69.0 cm³/mol. The Bertz CT molecular complexity index is 469. The molecule has 0 aromatic heterocycles. The quantitative estimate of drug-likeness (QED) is 0.740. The van der Waals surface area contributed by atoms with E-state index in [1.54, 1.807) is 0 Å². The summed E-state index contributed by atoms with van der Waals surface area (Å²) in [5.41, 5.74) is 4.37. The lowest BCUT2D eigenvalue weighted by atomic mass is 10.0. The molecule has 0 unspecified atom stereocenters. The van der Waals surface area contributed by atoms with Gasteiger partial charge >= 0.3 is 0 Å². The number of nitrogens with one attached hydrogen (secondary N) is 1. The Morgan fingerprint density at radius 2 is 1.44 bits per heavy atom. The Kier molecular flexibility index (Phi) is 3.16. The molecule has 0 fully saturated rings. The minimum Gasteiger partial charge on any atom is -0.310 e. The van der Waals surface area contributed by atoms with Gasteiger partial charge < -0.3 is 5.41 Å². The highest BCUT2D eigenvalue weighted by Crippen LogP contribution is 2.19. The van der Waals surface area contributed by atoms with E-state index in [2.05, 4.69) is 36.4 Å². The van der Waals surface area contributed by atoms with Crippen molar-refractivity contribution in [1.82, 2.24) is 0 Å². The lowest BCUT2D eigenvalue weighted by Crippen LogP contribution is -1.94. The van der Waals surface area contributed by atoms with Crippen LogP contribution in [0, 0.1) is 5.41 Å². The van der Waals surface area contributed by atoms with Crippen molar-refractivity contribution in [2.24, 2.45) is 0 Å². The molecule has 0 aliphatic rings. The molecule has 0 saturated carbocycles. The molecular formula is C15H15N. The summed E-state index contributed by atoms with van der Waals surface area (Å²) in [4.78, 5) is 0. The standard InChI is InChI=1S/C15H15N/c1-12(16)11-13-7-9-15(10-8-13)14-5-3-2-4-6-14/h2-10,16H,11H2,1H3. The van der Waals surface area contributed by atoms with Gasteiger partial charge in [-0.15, -0.1) is 0 Å². The van der Waals surface area contributed by atoms with Crippen molar-refractivity contribution in [3.63, 3.8) is 0 Å². The second-order valence-corrected chi connectivity index (χ2v) is 4.02. The van der Waals surface area contributed by atoms with Crippen LogP contribution in [0.15, 0.2) is 54.6 Å². The number of benzene rings is 2. The lowest BCUT2D eigenvalue weighted by Gasteiger charge is -2.03. The molecule has 0 atom stereocenters. The molecule has 0 radical (unpaired) electrons. The van der Waals surface area contributed by atoms with Crippen molar-refractivity contribution in [3.05, 3.63) is 60.2 Å². The first-order valence-electron chi connectivity index (χ1n) is 5.44. The van der Waals surface area contributed by atoms with Crippen molar-refractivity contribution < 1.29 is 0 Å². The SMILES string of the molecule is CC(=N)Cc1ccc(-c2ccccc2)cc1. The molecule has 1 nitrogen and oxygen atoms in total. The maximum Gasteiger partial charge on any atom is 0.0102 e. The van der Waals surface area contributed by atoms with Crippen molar-refractivity contribution in [2.45, 2.75) is 13.3 Å².